The van der Waals surface area contributed by atoms with E-state index in [0.29, 0.717) is 44.9 Å². The molecule has 10 rings (SSSR count). The van der Waals surface area contributed by atoms with Gasteiger partial charge in [-0.05, 0) is 113 Å². The molecule has 356 valence electrons. The first-order chi connectivity index (χ1) is 33.9. The average molecular weight is 937 g/mol. The maximum absolute atomic E-state index is 13.2. The molecule has 3 fully saturated rings. The van der Waals surface area contributed by atoms with Gasteiger partial charge in [0.1, 0.15) is 18.0 Å². The smallest absolute Gasteiger partial charge is 0.251 e. The fourth-order valence-corrected chi connectivity index (χ4v) is 8.11. The number of hydrogen-bond donors (Lipinski definition) is 5. The number of aryl methyl sites for hydroxylation is 2. The zero-order valence-corrected chi connectivity index (χ0v) is 39.5. The summed E-state index contributed by atoms with van der Waals surface area (Å²) in [6.45, 7) is 3.81. The van der Waals surface area contributed by atoms with Crippen LogP contribution < -0.4 is 27.4 Å². The second kappa shape index (κ2) is 21.8. The van der Waals surface area contributed by atoms with Crippen LogP contribution in [0.4, 0.5) is 11.6 Å². The minimum Gasteiger partial charge on any atom is -0.383 e. The Labute approximate surface area is 406 Å². The number of carbonyl (C=O) groups excluding carboxylic acids is 4. The van der Waals surface area contributed by atoms with E-state index in [1.54, 1.807) is 83.8 Å². The van der Waals surface area contributed by atoms with Crippen LogP contribution in [-0.4, -0.2) is 77.9 Å². The van der Waals surface area contributed by atoms with Gasteiger partial charge in [0.05, 0.1) is 46.7 Å². The number of aromatic nitrogens is 6. The van der Waals surface area contributed by atoms with Crippen molar-refractivity contribution in [2.45, 2.75) is 89.8 Å². The molecule has 0 atom stereocenters. The van der Waals surface area contributed by atoms with Crippen molar-refractivity contribution in [2.75, 3.05) is 18.5 Å². The van der Waals surface area contributed by atoms with Gasteiger partial charge < -0.3 is 27.4 Å². The monoisotopic (exact) mass is 936 g/mol. The molecule has 4 aromatic carbocycles. The molecule has 3 aliphatic carbocycles. The molecule has 16 heteroatoms. The van der Waals surface area contributed by atoms with Crippen molar-refractivity contribution in [2.24, 2.45) is 0 Å². The molecule has 0 aliphatic heterocycles. The van der Waals surface area contributed by atoms with E-state index in [4.69, 9.17) is 16.7 Å². The molecule has 3 aromatic heterocycles. The van der Waals surface area contributed by atoms with Crippen molar-refractivity contribution in [1.82, 2.24) is 45.2 Å². The molecule has 16 nitrogen and oxygen atoms in total. The van der Waals surface area contributed by atoms with Gasteiger partial charge in [0.15, 0.2) is 11.5 Å². The second-order valence-corrected chi connectivity index (χ2v) is 17.8. The van der Waals surface area contributed by atoms with Gasteiger partial charge in [-0.2, -0.15) is 10.4 Å². The van der Waals surface area contributed by atoms with Crippen molar-refractivity contribution in [3.8, 4) is 28.7 Å². The highest BCUT2D eigenvalue weighted by Gasteiger charge is 2.27. The lowest BCUT2D eigenvalue weighted by Gasteiger charge is -2.20. The SMILES string of the molecule is CNC1CCCCC1.Cc1ccc(C(=O)NC2CC2)cc1-n1cnc(C(=O)c2cccc(-c3cnccn3)c2)c1N.Cc1ccc(C(=O)NC2CC2)cc1-n1ncc(C(=O)c2cccc(C#N)c2)c1N. The van der Waals surface area contributed by atoms with Gasteiger partial charge in [-0.25, -0.2) is 9.67 Å². The Morgan fingerprint density at radius 2 is 1.29 bits per heavy atom. The maximum Gasteiger partial charge on any atom is 0.251 e. The van der Waals surface area contributed by atoms with Gasteiger partial charge >= 0.3 is 0 Å². The molecular weight excluding hydrogens is 881 g/mol. The number of ketones is 2. The lowest BCUT2D eigenvalue weighted by atomic mass is 9.96. The Balaban J connectivity index is 0.000000163. The Hall–Kier alpha value is -8.29. The summed E-state index contributed by atoms with van der Waals surface area (Å²) in [6.07, 6.45) is 18.9. The zero-order valence-electron chi connectivity index (χ0n) is 39.5. The van der Waals surface area contributed by atoms with Crippen LogP contribution in [0.15, 0.2) is 116 Å². The number of benzene rings is 4. The fourth-order valence-electron chi connectivity index (χ4n) is 8.11. The first kappa shape index (κ1) is 48.2. The highest BCUT2D eigenvalue weighted by Crippen LogP contribution is 2.28. The van der Waals surface area contributed by atoms with Gasteiger partial charge in [-0.15, -0.1) is 0 Å². The van der Waals surface area contributed by atoms with E-state index in [2.05, 4.69) is 43.0 Å². The summed E-state index contributed by atoms with van der Waals surface area (Å²) >= 11 is 0. The Kier molecular flexibility index (Phi) is 15.0. The van der Waals surface area contributed by atoms with Crippen LogP contribution in [0.25, 0.3) is 22.6 Å². The van der Waals surface area contributed by atoms with Crippen LogP contribution in [0.1, 0.15) is 127 Å². The van der Waals surface area contributed by atoms with Crippen molar-refractivity contribution in [3.05, 3.63) is 166 Å². The second-order valence-electron chi connectivity index (χ2n) is 17.8. The summed E-state index contributed by atoms with van der Waals surface area (Å²) in [6, 6.07) is 27.7. The quantitative estimate of drug-likeness (QED) is 0.0743. The Morgan fingerprint density at radius 3 is 1.89 bits per heavy atom. The molecule has 0 bridgehead atoms. The van der Waals surface area contributed by atoms with Crippen LogP contribution in [0, 0.1) is 25.2 Å². The third-order valence-electron chi connectivity index (χ3n) is 12.6. The molecule has 0 unspecified atom stereocenters. The number of anilines is 2. The normalized spacial score (nSPS) is 14.2. The summed E-state index contributed by atoms with van der Waals surface area (Å²) in [7, 11) is 2.07. The fraction of sp³-hybridized carbons (Fsp3) is 0.278. The van der Waals surface area contributed by atoms with Crippen LogP contribution in [0.5, 0.6) is 0 Å². The summed E-state index contributed by atoms with van der Waals surface area (Å²) in [5.41, 5.74) is 19.8. The van der Waals surface area contributed by atoms with E-state index >= 15 is 0 Å². The number of carbonyl (C=O) groups is 4. The number of imidazole rings is 1. The predicted molar refractivity (Wildman–Crippen MR) is 268 cm³/mol. The molecule has 0 saturated heterocycles. The predicted octanol–water partition coefficient (Wildman–Crippen LogP) is 7.64. The molecule has 3 saturated carbocycles. The molecule has 0 spiro atoms. The van der Waals surface area contributed by atoms with E-state index in [1.165, 1.54) is 55.4 Å². The number of nitrogens with one attached hydrogen (secondary N) is 3. The number of amides is 2. The largest absolute Gasteiger partial charge is 0.383 e. The van der Waals surface area contributed by atoms with Crippen LogP contribution in [-0.2, 0) is 0 Å². The minimum absolute atomic E-state index is 0.116. The third-order valence-corrected chi connectivity index (χ3v) is 12.6. The molecule has 7 N–H and O–H groups in total. The van der Waals surface area contributed by atoms with Crippen LogP contribution >= 0.6 is 0 Å². The maximum atomic E-state index is 13.2. The summed E-state index contributed by atoms with van der Waals surface area (Å²) in [4.78, 5) is 63.6. The summed E-state index contributed by atoms with van der Waals surface area (Å²) in [5, 5.41) is 22.6. The number of nitrogens with zero attached hydrogens (tertiary/aromatic N) is 7. The van der Waals surface area contributed by atoms with Gasteiger partial charge in [-0.1, -0.05) is 61.7 Å². The molecule has 2 amide bonds. The summed E-state index contributed by atoms with van der Waals surface area (Å²) in [5.74, 6) is -0.463. The number of nitrogens with two attached hydrogens (primary N) is 2. The van der Waals surface area contributed by atoms with Crippen molar-refractivity contribution in [3.63, 3.8) is 0 Å². The standard InChI is InChI=1S/C25H22N6O2.C22H19N5O2.C7H15N/c1-15-5-6-18(25(33)30-19-7-8-19)12-21(15)31-14-29-22(24(31)26)23(32)17-4-2-3-16(11-17)20-13-27-9-10-28-20;1-13-5-6-16(22(29)26-17-7-8-17)10-19(13)27-21(24)18(12-25-27)20(28)15-4-2-3-14(9-15)11-23;1-8-7-5-3-2-4-6-7/h2-6,9-14,19H,7-8,26H2,1H3,(H,30,33);2-6,9-10,12,17H,7-8,24H2,1H3,(H,26,29);7-8H,2-6H2,1H3. The van der Waals surface area contributed by atoms with Crippen LogP contribution in [0.3, 0.4) is 0 Å². The van der Waals surface area contributed by atoms with Gasteiger partial charge in [0, 0.05) is 58.3 Å². The molecule has 0 radical (unpaired) electrons. The van der Waals surface area contributed by atoms with Crippen LogP contribution in [0.2, 0.25) is 0 Å². The van der Waals surface area contributed by atoms with Crippen molar-refractivity contribution >= 4 is 35.0 Å². The Morgan fingerprint density at radius 1 is 0.657 bits per heavy atom. The highest BCUT2D eigenvalue weighted by atomic mass is 16.2. The average Bonchev–Trinajstić information content (AvgIpc) is 4.33. The van der Waals surface area contributed by atoms with E-state index in [-0.39, 0.29) is 58.4 Å². The van der Waals surface area contributed by atoms with Gasteiger partial charge in [0.25, 0.3) is 11.8 Å². The van der Waals surface area contributed by atoms with Crippen molar-refractivity contribution < 1.29 is 19.2 Å². The number of rotatable bonds is 12. The van der Waals surface area contributed by atoms with E-state index in [9.17, 15) is 19.2 Å². The molecular formula is C54H56N12O4. The van der Waals surface area contributed by atoms with E-state index in [1.807, 2.05) is 38.1 Å². The third kappa shape index (κ3) is 11.5. The van der Waals surface area contributed by atoms with E-state index < -0.39 is 0 Å². The lowest BCUT2D eigenvalue weighted by molar-refractivity contribution is 0.0942. The Bertz CT molecular complexity index is 3080. The first-order valence-electron chi connectivity index (χ1n) is 23.6. The van der Waals surface area contributed by atoms with E-state index in [0.717, 1.165) is 48.4 Å². The first-order valence-corrected chi connectivity index (χ1v) is 23.6. The van der Waals surface area contributed by atoms with Crippen molar-refractivity contribution in [1.29, 1.82) is 5.26 Å². The van der Waals surface area contributed by atoms with Gasteiger partial charge in [-0.3, -0.25) is 33.7 Å². The molecule has 7 aromatic rings. The number of nitrogen functional groups attached to an aromatic ring is 2. The molecule has 3 heterocycles. The molecule has 70 heavy (non-hydrogen) atoms. The highest BCUT2D eigenvalue weighted by molar-refractivity contribution is 6.12. The number of hydrogen-bond acceptors (Lipinski definition) is 12. The van der Waals surface area contributed by atoms with Gasteiger partial charge in [0.2, 0.25) is 5.78 Å². The summed E-state index contributed by atoms with van der Waals surface area (Å²) < 4.78 is 3.10. The lowest BCUT2D eigenvalue weighted by Crippen LogP contribution is -2.26. The zero-order chi connectivity index (χ0) is 49.3. The minimum atomic E-state index is -0.314. The topological polar surface area (TPSA) is 242 Å². The number of nitriles is 1. The molecule has 3 aliphatic rings.